The van der Waals surface area contributed by atoms with Crippen LogP contribution in [0.3, 0.4) is 0 Å². The minimum absolute atomic E-state index is 0. The molecule has 0 aromatic carbocycles. The van der Waals surface area contributed by atoms with E-state index < -0.39 is 6.10 Å². The molecular formula is C3H9Cl3O3. The van der Waals surface area contributed by atoms with E-state index in [4.69, 9.17) is 22.1 Å². The fourth-order valence-electron chi connectivity index (χ4n) is 0.125. The molecule has 0 rings (SSSR count). The van der Waals surface area contributed by atoms with Gasteiger partial charge < -0.3 is 10.2 Å². The minimum atomic E-state index is -0.850. The maximum Gasteiger partial charge on any atom is 0.102 e. The number of aliphatic hydroxyl groups excluding tert-OH is 2. The lowest BCUT2D eigenvalue weighted by molar-refractivity contribution is 0.0569. The van der Waals surface area contributed by atoms with Crippen LogP contribution in [0.5, 0.6) is 0 Å². The normalized spacial score (nSPS) is 11.0. The SMILES string of the molecule is Cl.Cl.OCC(O)COCl. The first-order chi connectivity index (χ1) is 3.31. The lowest BCUT2D eigenvalue weighted by Gasteiger charge is -1.99. The summed E-state index contributed by atoms with van der Waals surface area (Å²) in [5.41, 5.74) is 0. The standard InChI is InChI=1S/C3H7ClO3.2ClH/c4-7-2-3(6)1-5;;/h3,5-6H,1-2H2;2*1H. The van der Waals surface area contributed by atoms with Crippen molar-refractivity contribution >= 4 is 36.7 Å². The molecule has 3 nitrogen and oxygen atoms in total. The van der Waals surface area contributed by atoms with E-state index >= 15 is 0 Å². The quantitative estimate of drug-likeness (QED) is 0.690. The lowest BCUT2D eigenvalue weighted by atomic mass is 10.4. The Bertz CT molecular complexity index is 45.3. The van der Waals surface area contributed by atoms with E-state index in [-0.39, 0.29) is 38.0 Å². The topological polar surface area (TPSA) is 49.7 Å². The second-order valence-electron chi connectivity index (χ2n) is 1.11. The van der Waals surface area contributed by atoms with Gasteiger partial charge in [-0.2, -0.15) is 0 Å². The first kappa shape index (κ1) is 16.4. The van der Waals surface area contributed by atoms with Gasteiger partial charge in [0.25, 0.3) is 0 Å². The predicted octanol–water partition coefficient (Wildman–Crippen LogP) is 0.354. The van der Waals surface area contributed by atoms with Crippen LogP contribution in [-0.4, -0.2) is 29.5 Å². The highest BCUT2D eigenvalue weighted by molar-refractivity contribution is 6.07. The second-order valence-corrected chi connectivity index (χ2v) is 1.33. The Kier molecular flexibility index (Phi) is 21.0. The van der Waals surface area contributed by atoms with Crippen LogP contribution in [0, 0.1) is 0 Å². The Morgan fingerprint density at radius 3 is 2.00 bits per heavy atom. The Labute approximate surface area is 71.0 Å². The zero-order valence-corrected chi connectivity index (χ0v) is 6.88. The number of rotatable bonds is 3. The van der Waals surface area contributed by atoms with Gasteiger partial charge in [-0.1, -0.05) is 0 Å². The average molecular weight is 199 g/mol. The van der Waals surface area contributed by atoms with Gasteiger partial charge in [0, 0.05) is 0 Å². The molecule has 9 heavy (non-hydrogen) atoms. The fourth-order valence-corrected chi connectivity index (χ4v) is 0.271. The number of hydrogen-bond donors (Lipinski definition) is 2. The molecule has 0 fully saturated rings. The number of hydrogen-bond acceptors (Lipinski definition) is 3. The van der Waals surface area contributed by atoms with Crippen LogP contribution in [0.4, 0.5) is 0 Å². The van der Waals surface area contributed by atoms with Gasteiger partial charge in [-0.3, -0.25) is 4.29 Å². The van der Waals surface area contributed by atoms with E-state index in [1.165, 1.54) is 0 Å². The molecule has 0 bridgehead atoms. The molecule has 0 spiro atoms. The Hall–Kier alpha value is 0.750. The molecule has 6 heteroatoms. The molecule has 0 heterocycles. The van der Waals surface area contributed by atoms with E-state index in [1.807, 2.05) is 0 Å². The molecule has 0 saturated carbocycles. The highest BCUT2D eigenvalue weighted by Crippen LogP contribution is 1.84. The molecule has 0 amide bonds. The highest BCUT2D eigenvalue weighted by atomic mass is 35.5. The second kappa shape index (κ2) is 11.5. The van der Waals surface area contributed by atoms with E-state index in [2.05, 4.69) is 4.29 Å². The van der Waals surface area contributed by atoms with E-state index in [0.717, 1.165) is 0 Å². The summed E-state index contributed by atoms with van der Waals surface area (Å²) in [5, 5.41) is 16.5. The first-order valence-corrected chi connectivity index (χ1v) is 2.14. The Balaban J connectivity index is -0.000000180. The number of aliphatic hydroxyl groups is 2. The van der Waals surface area contributed by atoms with Gasteiger partial charge in [-0.25, -0.2) is 0 Å². The van der Waals surface area contributed by atoms with Crippen LogP contribution in [-0.2, 0) is 4.29 Å². The smallest absolute Gasteiger partial charge is 0.102 e. The van der Waals surface area contributed by atoms with Crippen LogP contribution in [0.2, 0.25) is 0 Å². The molecule has 0 aliphatic heterocycles. The minimum Gasteiger partial charge on any atom is -0.394 e. The molecule has 0 aliphatic rings. The van der Waals surface area contributed by atoms with Gasteiger partial charge in [-0.05, 0) is 0 Å². The summed E-state index contributed by atoms with van der Waals surface area (Å²) in [6.45, 7) is -0.342. The summed E-state index contributed by atoms with van der Waals surface area (Å²) in [6, 6.07) is 0. The number of halogens is 3. The summed E-state index contributed by atoms with van der Waals surface area (Å²) in [5.74, 6) is 0. The van der Waals surface area contributed by atoms with Crippen molar-refractivity contribution < 1.29 is 14.5 Å². The highest BCUT2D eigenvalue weighted by Gasteiger charge is 1.98. The molecular weight excluding hydrogens is 190 g/mol. The van der Waals surface area contributed by atoms with E-state index in [0.29, 0.717) is 0 Å². The lowest BCUT2D eigenvalue weighted by Crippen LogP contribution is -2.16. The van der Waals surface area contributed by atoms with Gasteiger partial charge in [0.1, 0.15) is 6.10 Å². The summed E-state index contributed by atoms with van der Waals surface area (Å²) in [7, 11) is 0. The van der Waals surface area contributed by atoms with E-state index in [1.54, 1.807) is 0 Å². The molecule has 0 aromatic heterocycles. The monoisotopic (exact) mass is 198 g/mol. The van der Waals surface area contributed by atoms with Crippen LogP contribution >= 0.6 is 36.7 Å². The van der Waals surface area contributed by atoms with Gasteiger partial charge in [0.2, 0.25) is 0 Å². The fraction of sp³-hybridized carbons (Fsp3) is 1.00. The Morgan fingerprint density at radius 2 is 1.89 bits per heavy atom. The van der Waals surface area contributed by atoms with Crippen LogP contribution < -0.4 is 0 Å². The molecule has 1 unspecified atom stereocenters. The van der Waals surface area contributed by atoms with Crippen molar-refractivity contribution in [2.75, 3.05) is 13.2 Å². The third-order valence-corrected chi connectivity index (χ3v) is 0.592. The maximum atomic E-state index is 8.40. The van der Waals surface area contributed by atoms with Gasteiger partial charge in [0.05, 0.1) is 25.1 Å². The first-order valence-electron chi connectivity index (χ1n) is 1.83. The Morgan fingerprint density at radius 1 is 1.44 bits per heavy atom. The van der Waals surface area contributed by atoms with Crippen molar-refractivity contribution in [1.29, 1.82) is 0 Å². The zero-order chi connectivity index (χ0) is 5.70. The third kappa shape index (κ3) is 12.1. The molecule has 0 saturated heterocycles. The zero-order valence-electron chi connectivity index (χ0n) is 4.49. The van der Waals surface area contributed by atoms with Crippen molar-refractivity contribution in [3.63, 3.8) is 0 Å². The molecule has 0 radical (unpaired) electrons. The van der Waals surface area contributed by atoms with Crippen molar-refractivity contribution in [2.24, 2.45) is 0 Å². The van der Waals surface area contributed by atoms with Crippen molar-refractivity contribution in [3.05, 3.63) is 0 Å². The molecule has 2 N–H and O–H groups in total. The van der Waals surface area contributed by atoms with Crippen molar-refractivity contribution in [1.82, 2.24) is 0 Å². The summed E-state index contributed by atoms with van der Waals surface area (Å²) in [4.78, 5) is 0. The molecule has 1 atom stereocenters. The average Bonchev–Trinajstić information content (AvgIpc) is 1.68. The summed E-state index contributed by atoms with van der Waals surface area (Å²) < 4.78 is 3.96. The van der Waals surface area contributed by atoms with Crippen molar-refractivity contribution in [3.8, 4) is 0 Å². The third-order valence-electron chi connectivity index (χ3n) is 0.466. The maximum absolute atomic E-state index is 8.40. The van der Waals surface area contributed by atoms with Gasteiger partial charge in [0.15, 0.2) is 0 Å². The van der Waals surface area contributed by atoms with Crippen LogP contribution in [0.25, 0.3) is 0 Å². The van der Waals surface area contributed by atoms with Gasteiger partial charge in [-0.15, -0.1) is 24.8 Å². The largest absolute Gasteiger partial charge is 0.394 e. The predicted molar refractivity (Wildman–Crippen MR) is 39.4 cm³/mol. The van der Waals surface area contributed by atoms with Gasteiger partial charge >= 0.3 is 0 Å². The van der Waals surface area contributed by atoms with Crippen LogP contribution in [0.1, 0.15) is 0 Å². The summed E-state index contributed by atoms with van der Waals surface area (Å²) >= 11 is 4.70. The summed E-state index contributed by atoms with van der Waals surface area (Å²) in [6.07, 6.45) is -0.850. The molecule has 0 aliphatic carbocycles. The van der Waals surface area contributed by atoms with Crippen LogP contribution in [0.15, 0.2) is 0 Å². The van der Waals surface area contributed by atoms with E-state index in [9.17, 15) is 0 Å². The molecule has 60 valence electrons. The molecule has 0 aromatic rings. The van der Waals surface area contributed by atoms with Crippen molar-refractivity contribution in [2.45, 2.75) is 6.10 Å².